The molecule has 0 radical (unpaired) electrons. The molecule has 0 spiro atoms. The Morgan fingerprint density at radius 2 is 2.22 bits per heavy atom. The summed E-state index contributed by atoms with van der Waals surface area (Å²) >= 11 is 10.3. The minimum atomic E-state index is 0.518. The van der Waals surface area contributed by atoms with E-state index in [1.54, 1.807) is 17.6 Å². The van der Waals surface area contributed by atoms with Crippen molar-refractivity contribution < 1.29 is 0 Å². The van der Waals surface area contributed by atoms with E-state index in [2.05, 4.69) is 31.8 Å². The van der Waals surface area contributed by atoms with Gasteiger partial charge in [-0.2, -0.15) is 5.10 Å². The summed E-state index contributed by atoms with van der Waals surface area (Å²) in [4.78, 5) is 1.09. The van der Waals surface area contributed by atoms with Crippen LogP contribution < -0.4 is 10.7 Å². The molecule has 1 fully saturated rings. The number of thiocarbonyl (C=S) groups is 1. The van der Waals surface area contributed by atoms with E-state index in [1.165, 1.54) is 32.1 Å². The molecule has 1 aliphatic carbocycles. The SMILES string of the molecule is S=C(N/N=C/c1cc(Br)cs1)NC1CCCCC1. The molecule has 1 aromatic heterocycles. The Labute approximate surface area is 125 Å². The third kappa shape index (κ3) is 4.66. The summed E-state index contributed by atoms with van der Waals surface area (Å²) in [6.45, 7) is 0. The lowest BCUT2D eigenvalue weighted by Gasteiger charge is -2.23. The van der Waals surface area contributed by atoms with E-state index in [0.29, 0.717) is 11.2 Å². The zero-order chi connectivity index (χ0) is 12.8. The van der Waals surface area contributed by atoms with Crippen molar-refractivity contribution in [3.8, 4) is 0 Å². The summed E-state index contributed by atoms with van der Waals surface area (Å²) in [7, 11) is 0. The molecular formula is C12H16BrN3S2. The molecule has 1 aliphatic rings. The molecule has 0 aromatic carbocycles. The Balaban J connectivity index is 1.72. The number of hydrogen-bond donors (Lipinski definition) is 2. The van der Waals surface area contributed by atoms with Crippen molar-refractivity contribution in [2.24, 2.45) is 5.10 Å². The van der Waals surface area contributed by atoms with Crippen LogP contribution in [-0.2, 0) is 0 Å². The molecule has 0 bridgehead atoms. The number of hydrazone groups is 1. The molecule has 0 unspecified atom stereocenters. The normalized spacial score (nSPS) is 16.9. The van der Waals surface area contributed by atoms with Gasteiger partial charge in [-0.05, 0) is 47.1 Å². The number of halogens is 1. The summed E-state index contributed by atoms with van der Waals surface area (Å²) in [6, 6.07) is 2.54. The second kappa shape index (κ2) is 7.21. The van der Waals surface area contributed by atoms with Crippen LogP contribution in [0.5, 0.6) is 0 Å². The lowest BCUT2D eigenvalue weighted by molar-refractivity contribution is 0.412. The van der Waals surface area contributed by atoms with Crippen LogP contribution in [0.1, 0.15) is 37.0 Å². The Kier molecular flexibility index (Phi) is 5.59. The standard InChI is InChI=1S/C12H16BrN3S2/c13-9-6-11(18-8-9)7-14-16-12(17)15-10-4-2-1-3-5-10/h6-8,10H,1-5H2,(H2,15,16,17)/b14-7+. The van der Waals surface area contributed by atoms with Gasteiger partial charge >= 0.3 is 0 Å². The van der Waals surface area contributed by atoms with Crippen LogP contribution in [0.25, 0.3) is 0 Å². The van der Waals surface area contributed by atoms with Gasteiger partial charge in [-0.3, -0.25) is 5.43 Å². The van der Waals surface area contributed by atoms with E-state index in [9.17, 15) is 0 Å². The third-order valence-electron chi connectivity index (χ3n) is 2.89. The second-order valence-electron chi connectivity index (χ2n) is 4.35. The molecule has 3 nitrogen and oxygen atoms in total. The van der Waals surface area contributed by atoms with Gasteiger partial charge in [0.1, 0.15) is 0 Å². The topological polar surface area (TPSA) is 36.4 Å². The molecule has 98 valence electrons. The van der Waals surface area contributed by atoms with Gasteiger partial charge in [-0.15, -0.1) is 11.3 Å². The maximum Gasteiger partial charge on any atom is 0.187 e. The quantitative estimate of drug-likeness (QED) is 0.498. The maximum atomic E-state index is 5.21. The van der Waals surface area contributed by atoms with Gasteiger partial charge in [-0.1, -0.05) is 19.3 Å². The lowest BCUT2D eigenvalue weighted by atomic mass is 9.96. The summed E-state index contributed by atoms with van der Waals surface area (Å²) in [5.74, 6) is 0. The lowest BCUT2D eigenvalue weighted by Crippen LogP contribution is -2.40. The van der Waals surface area contributed by atoms with Gasteiger partial charge in [0.15, 0.2) is 5.11 Å². The number of thiophene rings is 1. The zero-order valence-electron chi connectivity index (χ0n) is 9.99. The summed E-state index contributed by atoms with van der Waals surface area (Å²) in [6.07, 6.45) is 8.15. The Bertz CT molecular complexity index is 425. The predicted octanol–water partition coefficient (Wildman–Crippen LogP) is 3.64. The molecule has 0 saturated heterocycles. The molecule has 1 aromatic rings. The third-order valence-corrected chi connectivity index (χ3v) is 4.72. The fraction of sp³-hybridized carbons (Fsp3) is 0.500. The largest absolute Gasteiger partial charge is 0.359 e. The first-order valence-corrected chi connectivity index (χ1v) is 8.16. The van der Waals surface area contributed by atoms with Crippen molar-refractivity contribution in [1.82, 2.24) is 10.7 Å². The van der Waals surface area contributed by atoms with Crippen molar-refractivity contribution in [1.29, 1.82) is 0 Å². The molecule has 0 aliphatic heterocycles. The maximum absolute atomic E-state index is 5.21. The van der Waals surface area contributed by atoms with E-state index in [0.717, 1.165) is 9.35 Å². The summed E-state index contributed by atoms with van der Waals surface area (Å²) < 4.78 is 1.08. The van der Waals surface area contributed by atoms with Crippen molar-refractivity contribution in [2.45, 2.75) is 38.1 Å². The zero-order valence-corrected chi connectivity index (χ0v) is 13.2. The van der Waals surface area contributed by atoms with Crippen LogP contribution >= 0.6 is 39.5 Å². The molecule has 2 N–H and O–H groups in total. The first kappa shape index (κ1) is 14.0. The Morgan fingerprint density at radius 3 is 2.89 bits per heavy atom. The highest BCUT2D eigenvalue weighted by atomic mass is 79.9. The van der Waals surface area contributed by atoms with Crippen LogP contribution in [0.15, 0.2) is 21.0 Å². The fourth-order valence-electron chi connectivity index (χ4n) is 2.02. The minimum absolute atomic E-state index is 0.518. The monoisotopic (exact) mass is 345 g/mol. The highest BCUT2D eigenvalue weighted by Crippen LogP contribution is 2.18. The van der Waals surface area contributed by atoms with Crippen LogP contribution in [0.2, 0.25) is 0 Å². The summed E-state index contributed by atoms with van der Waals surface area (Å²) in [5.41, 5.74) is 2.87. The first-order valence-electron chi connectivity index (χ1n) is 6.07. The van der Waals surface area contributed by atoms with E-state index < -0.39 is 0 Å². The molecule has 6 heteroatoms. The van der Waals surface area contributed by atoms with Gasteiger partial charge < -0.3 is 5.32 Å². The number of nitrogens with one attached hydrogen (secondary N) is 2. The van der Waals surface area contributed by atoms with Crippen LogP contribution in [0.3, 0.4) is 0 Å². The van der Waals surface area contributed by atoms with Gasteiger partial charge in [0.2, 0.25) is 0 Å². The second-order valence-corrected chi connectivity index (χ2v) is 6.61. The van der Waals surface area contributed by atoms with Gasteiger partial charge in [0.05, 0.1) is 6.21 Å². The molecule has 18 heavy (non-hydrogen) atoms. The smallest absolute Gasteiger partial charge is 0.187 e. The fourth-order valence-corrected chi connectivity index (χ4v) is 3.54. The molecule has 1 heterocycles. The highest BCUT2D eigenvalue weighted by molar-refractivity contribution is 9.10. The number of hydrogen-bond acceptors (Lipinski definition) is 3. The summed E-state index contributed by atoms with van der Waals surface area (Å²) in [5, 5.41) is 10.1. The van der Waals surface area contributed by atoms with E-state index in [-0.39, 0.29) is 0 Å². The van der Waals surface area contributed by atoms with Crippen molar-refractivity contribution in [2.75, 3.05) is 0 Å². The van der Waals surface area contributed by atoms with Crippen molar-refractivity contribution in [3.05, 3.63) is 20.8 Å². The van der Waals surface area contributed by atoms with Gasteiger partial charge in [0, 0.05) is 20.8 Å². The highest BCUT2D eigenvalue weighted by Gasteiger charge is 2.13. The van der Waals surface area contributed by atoms with Crippen LogP contribution in [0.4, 0.5) is 0 Å². The van der Waals surface area contributed by atoms with Gasteiger partial charge in [-0.25, -0.2) is 0 Å². The number of nitrogens with zero attached hydrogens (tertiary/aromatic N) is 1. The Morgan fingerprint density at radius 1 is 1.44 bits per heavy atom. The van der Waals surface area contributed by atoms with Crippen molar-refractivity contribution >= 4 is 50.8 Å². The minimum Gasteiger partial charge on any atom is -0.359 e. The predicted molar refractivity (Wildman–Crippen MR) is 85.4 cm³/mol. The molecule has 0 amide bonds. The Hall–Kier alpha value is -0.460. The van der Waals surface area contributed by atoms with E-state index in [1.807, 2.05) is 11.4 Å². The van der Waals surface area contributed by atoms with E-state index in [4.69, 9.17) is 12.2 Å². The first-order chi connectivity index (χ1) is 8.74. The van der Waals surface area contributed by atoms with E-state index >= 15 is 0 Å². The molecule has 0 atom stereocenters. The van der Waals surface area contributed by atoms with Crippen molar-refractivity contribution in [3.63, 3.8) is 0 Å². The number of rotatable bonds is 3. The molecule has 2 rings (SSSR count). The van der Waals surface area contributed by atoms with Crippen LogP contribution in [-0.4, -0.2) is 17.4 Å². The molecule has 1 saturated carbocycles. The van der Waals surface area contributed by atoms with Gasteiger partial charge in [0.25, 0.3) is 0 Å². The molecular weight excluding hydrogens is 330 g/mol. The van der Waals surface area contributed by atoms with Crippen LogP contribution in [0, 0.1) is 0 Å². The average molecular weight is 346 g/mol. The average Bonchev–Trinajstić information content (AvgIpc) is 2.76.